The molecule has 0 saturated carbocycles. The van der Waals surface area contributed by atoms with Crippen molar-refractivity contribution < 1.29 is 10.0 Å². The van der Waals surface area contributed by atoms with Crippen molar-refractivity contribution in [3.05, 3.63) is 109 Å². The number of carbonyl (C=O) groups is 1. The average Bonchev–Trinajstić information content (AvgIpc) is 3.53. The molecule has 0 saturated heterocycles. The lowest BCUT2D eigenvalue weighted by Crippen LogP contribution is -2.22. The Morgan fingerprint density at radius 2 is 1.67 bits per heavy atom. The number of pyridine rings is 2. The van der Waals surface area contributed by atoms with Crippen molar-refractivity contribution in [3.8, 4) is 0 Å². The molecule has 0 aliphatic heterocycles. The van der Waals surface area contributed by atoms with Crippen LogP contribution in [0.1, 0.15) is 11.1 Å². The van der Waals surface area contributed by atoms with Crippen molar-refractivity contribution >= 4 is 40.2 Å². The zero-order valence-electron chi connectivity index (χ0n) is 19.6. The molecule has 180 valence electrons. The van der Waals surface area contributed by atoms with Gasteiger partial charge in [0.05, 0.1) is 0 Å². The van der Waals surface area contributed by atoms with Crippen LogP contribution in [-0.4, -0.2) is 41.7 Å². The second kappa shape index (κ2) is 10.7. The third kappa shape index (κ3) is 5.34. The highest BCUT2D eigenvalue weighted by Crippen LogP contribution is 2.16. The molecule has 4 aromatic heterocycles. The molecule has 0 aliphatic rings. The van der Waals surface area contributed by atoms with Crippen LogP contribution >= 0.6 is 0 Å². The van der Waals surface area contributed by atoms with Crippen LogP contribution in [0, 0.1) is 0 Å². The number of hydrogen-bond acceptors (Lipinski definition) is 5. The minimum Gasteiger partial charge on any atom is -0.370 e. The summed E-state index contributed by atoms with van der Waals surface area (Å²) in [5, 5.41) is 10.9. The maximum absolute atomic E-state index is 11.2. The van der Waals surface area contributed by atoms with E-state index in [0.717, 1.165) is 46.3 Å². The largest absolute Gasteiger partial charge is 0.370 e. The van der Waals surface area contributed by atoms with Crippen LogP contribution in [0.5, 0.6) is 0 Å². The van der Waals surface area contributed by atoms with E-state index in [1.807, 2.05) is 59.6 Å². The molecular formula is C28H26N6O2. The lowest BCUT2D eigenvalue weighted by Gasteiger charge is -2.21. The first-order chi connectivity index (χ1) is 17.7. The van der Waals surface area contributed by atoms with Gasteiger partial charge in [-0.3, -0.25) is 10.0 Å². The third-order valence-corrected chi connectivity index (χ3v) is 5.97. The van der Waals surface area contributed by atoms with Gasteiger partial charge in [-0.05, 0) is 53.6 Å². The zero-order chi connectivity index (χ0) is 24.7. The number of fused-ring (bicyclic) bond motifs is 2. The Morgan fingerprint density at radius 1 is 0.944 bits per heavy atom. The van der Waals surface area contributed by atoms with Crippen LogP contribution in [-0.2, 0) is 17.9 Å². The number of aromatic nitrogens is 4. The minimum absolute atomic E-state index is 0.561. The number of hydroxylamine groups is 1. The van der Waals surface area contributed by atoms with Gasteiger partial charge in [-0.1, -0.05) is 24.3 Å². The predicted molar refractivity (Wildman–Crippen MR) is 141 cm³/mol. The number of rotatable bonds is 9. The molecule has 0 aliphatic carbocycles. The molecule has 36 heavy (non-hydrogen) atoms. The van der Waals surface area contributed by atoms with Gasteiger partial charge >= 0.3 is 0 Å². The summed E-state index contributed by atoms with van der Waals surface area (Å²) >= 11 is 0. The molecule has 2 N–H and O–H groups in total. The number of amides is 1. The molecule has 8 nitrogen and oxygen atoms in total. The van der Waals surface area contributed by atoms with Gasteiger partial charge in [0.1, 0.15) is 11.3 Å². The number of carbonyl (C=O) groups excluding carboxylic acids is 1. The van der Waals surface area contributed by atoms with Crippen molar-refractivity contribution in [3.63, 3.8) is 0 Å². The van der Waals surface area contributed by atoms with Crippen LogP contribution < -0.4 is 5.48 Å². The first-order valence-electron chi connectivity index (χ1n) is 11.6. The number of hydrogen-bond donors (Lipinski definition) is 2. The van der Waals surface area contributed by atoms with Crippen LogP contribution in [0.25, 0.3) is 34.3 Å². The topological polar surface area (TPSA) is 88.2 Å². The quantitative estimate of drug-likeness (QED) is 0.185. The Bertz CT molecular complexity index is 1530. The van der Waals surface area contributed by atoms with E-state index < -0.39 is 5.91 Å². The highest BCUT2D eigenvalue weighted by Gasteiger charge is 2.07. The highest BCUT2D eigenvalue weighted by atomic mass is 16.5. The second-order valence-electron chi connectivity index (χ2n) is 8.38. The van der Waals surface area contributed by atoms with Gasteiger partial charge in [-0.15, -0.1) is 0 Å². The molecule has 0 bridgehead atoms. The molecule has 0 radical (unpaired) electrons. The first kappa shape index (κ1) is 23.1. The summed E-state index contributed by atoms with van der Waals surface area (Å²) in [5.74, 6) is -0.561. The van der Waals surface area contributed by atoms with E-state index in [0.29, 0.717) is 6.54 Å². The summed E-state index contributed by atoms with van der Waals surface area (Å²) < 4.78 is 4.19. The highest BCUT2D eigenvalue weighted by molar-refractivity contribution is 5.90. The van der Waals surface area contributed by atoms with Crippen LogP contribution in [0.3, 0.4) is 0 Å². The van der Waals surface area contributed by atoms with Crippen molar-refractivity contribution in [2.75, 3.05) is 6.54 Å². The number of benzene rings is 1. The Morgan fingerprint density at radius 3 is 2.44 bits per heavy atom. The molecule has 0 spiro atoms. The molecule has 4 heterocycles. The van der Waals surface area contributed by atoms with Gasteiger partial charge in [-0.25, -0.2) is 15.4 Å². The summed E-state index contributed by atoms with van der Waals surface area (Å²) in [4.78, 5) is 22.5. The third-order valence-electron chi connectivity index (χ3n) is 5.97. The Labute approximate surface area is 208 Å². The Balaban J connectivity index is 1.35. The van der Waals surface area contributed by atoms with E-state index in [9.17, 15) is 4.79 Å². The van der Waals surface area contributed by atoms with Crippen LogP contribution in [0.15, 0.2) is 97.7 Å². The van der Waals surface area contributed by atoms with Gasteiger partial charge < -0.3 is 14.0 Å². The van der Waals surface area contributed by atoms with E-state index in [2.05, 4.69) is 56.1 Å². The smallest absolute Gasteiger partial charge is 0.267 e. The van der Waals surface area contributed by atoms with Gasteiger partial charge in [0.2, 0.25) is 0 Å². The summed E-state index contributed by atoms with van der Waals surface area (Å²) in [5.41, 5.74) is 5.49. The molecule has 1 aromatic carbocycles. The predicted octanol–water partition coefficient (Wildman–Crippen LogP) is 4.54. The fraction of sp³-hybridized carbons (Fsp3) is 0.107. The number of nitrogens with zero attached hydrogens (tertiary/aromatic N) is 5. The Hall–Kier alpha value is -4.69. The normalized spacial score (nSPS) is 11.7. The SMILES string of the molecule is O=C(/C=C/c1ccc(CN(/C=C/n2ccc3cccnc32)CCn2ccc3cccnc32)cc1)NO. The zero-order valence-corrected chi connectivity index (χ0v) is 19.6. The van der Waals surface area contributed by atoms with Gasteiger partial charge in [0.15, 0.2) is 0 Å². The van der Waals surface area contributed by atoms with Crippen LogP contribution in [0.2, 0.25) is 0 Å². The molecule has 8 heteroatoms. The number of nitrogens with one attached hydrogen (secondary N) is 1. The standard InChI is InChI=1S/C28H26N6O2/c35-26(31-36)10-9-22-5-7-23(8-6-22)21-32(17-19-33-15-11-24-3-1-13-29-27(24)33)18-20-34-16-12-25-4-2-14-30-28(25)34/h1-17,19,36H,18,20-21H2,(H,31,35)/b10-9+,19-17+. The van der Waals surface area contributed by atoms with Crippen molar-refractivity contribution in [1.82, 2.24) is 29.5 Å². The summed E-state index contributed by atoms with van der Waals surface area (Å²) in [6, 6.07) is 20.1. The van der Waals surface area contributed by atoms with E-state index in [-0.39, 0.29) is 0 Å². The monoisotopic (exact) mass is 478 g/mol. The van der Waals surface area contributed by atoms with Gasteiger partial charge in [-0.2, -0.15) is 0 Å². The molecule has 1 amide bonds. The second-order valence-corrected chi connectivity index (χ2v) is 8.38. The lowest BCUT2D eigenvalue weighted by atomic mass is 10.1. The van der Waals surface area contributed by atoms with E-state index >= 15 is 0 Å². The molecule has 0 fully saturated rings. The van der Waals surface area contributed by atoms with Gasteiger partial charge in [0.25, 0.3) is 5.91 Å². The summed E-state index contributed by atoms with van der Waals surface area (Å²) in [7, 11) is 0. The minimum atomic E-state index is -0.561. The van der Waals surface area contributed by atoms with Crippen LogP contribution in [0.4, 0.5) is 0 Å². The lowest BCUT2D eigenvalue weighted by molar-refractivity contribution is -0.124. The van der Waals surface area contributed by atoms with Crippen molar-refractivity contribution in [2.45, 2.75) is 13.1 Å². The first-order valence-corrected chi connectivity index (χ1v) is 11.6. The molecular weight excluding hydrogens is 452 g/mol. The molecule has 5 rings (SSSR count). The maximum Gasteiger partial charge on any atom is 0.267 e. The molecule has 0 atom stereocenters. The summed E-state index contributed by atoms with van der Waals surface area (Å²) in [6.07, 6.45) is 14.8. The van der Waals surface area contributed by atoms with Crippen molar-refractivity contribution in [1.29, 1.82) is 0 Å². The molecule has 0 unspecified atom stereocenters. The average molecular weight is 479 g/mol. The van der Waals surface area contributed by atoms with E-state index in [4.69, 9.17) is 5.21 Å². The van der Waals surface area contributed by atoms with Crippen molar-refractivity contribution in [2.24, 2.45) is 0 Å². The fourth-order valence-electron chi connectivity index (χ4n) is 4.09. The Kier molecular flexibility index (Phi) is 6.86. The maximum atomic E-state index is 11.2. The summed E-state index contributed by atoms with van der Waals surface area (Å²) in [6.45, 7) is 2.27. The van der Waals surface area contributed by atoms with Gasteiger partial charge in [0, 0.05) is 73.7 Å². The molecule has 5 aromatic rings. The van der Waals surface area contributed by atoms with E-state index in [1.54, 1.807) is 17.8 Å². The fourth-order valence-corrected chi connectivity index (χ4v) is 4.09. The van der Waals surface area contributed by atoms with E-state index in [1.165, 1.54) is 6.08 Å².